The van der Waals surface area contributed by atoms with Gasteiger partial charge in [-0.25, -0.2) is 4.79 Å². The van der Waals surface area contributed by atoms with Gasteiger partial charge in [-0.15, -0.1) is 0 Å². The van der Waals surface area contributed by atoms with Crippen LogP contribution in [0.4, 0.5) is 4.79 Å². The summed E-state index contributed by atoms with van der Waals surface area (Å²) in [6.07, 6.45) is 1.45. The molecule has 0 aliphatic carbocycles. The maximum atomic E-state index is 12.0. The van der Waals surface area contributed by atoms with Crippen LogP contribution in [0.1, 0.15) is 31.7 Å². The fraction of sp³-hybridized carbons (Fsp3) is 0.467. The third kappa shape index (κ3) is 5.73. The molecule has 0 aliphatic rings. The summed E-state index contributed by atoms with van der Waals surface area (Å²) in [5.74, 6) is -0.894. The van der Waals surface area contributed by atoms with Crippen LogP contribution in [-0.2, 0) is 11.3 Å². The highest BCUT2D eigenvalue weighted by Crippen LogP contribution is 2.06. The summed E-state index contributed by atoms with van der Waals surface area (Å²) in [4.78, 5) is 24.4. The Kier molecular flexibility index (Phi) is 6.56. The van der Waals surface area contributed by atoms with E-state index in [1.165, 1.54) is 0 Å². The molecule has 0 radical (unpaired) electrons. The zero-order valence-electron chi connectivity index (χ0n) is 12.0. The third-order valence-corrected chi connectivity index (χ3v) is 3.00. The SMILES string of the molecule is CCCC(CC(=O)O)NC(=O)N(C)Cc1ccccc1. The van der Waals surface area contributed by atoms with Crippen molar-refractivity contribution in [2.24, 2.45) is 0 Å². The summed E-state index contributed by atoms with van der Waals surface area (Å²) in [6, 6.07) is 9.11. The number of hydrogen-bond donors (Lipinski definition) is 2. The average Bonchev–Trinajstić information content (AvgIpc) is 2.39. The number of rotatable bonds is 7. The summed E-state index contributed by atoms with van der Waals surface area (Å²) < 4.78 is 0. The molecule has 0 aromatic heterocycles. The number of nitrogens with one attached hydrogen (secondary N) is 1. The smallest absolute Gasteiger partial charge is 0.317 e. The van der Waals surface area contributed by atoms with Crippen LogP contribution in [0.5, 0.6) is 0 Å². The topological polar surface area (TPSA) is 69.6 Å². The lowest BCUT2D eigenvalue weighted by Gasteiger charge is -2.22. The number of aliphatic carboxylic acids is 1. The van der Waals surface area contributed by atoms with Gasteiger partial charge in [0.2, 0.25) is 0 Å². The molecule has 0 fully saturated rings. The zero-order chi connectivity index (χ0) is 15.0. The normalized spacial score (nSPS) is 11.7. The number of urea groups is 1. The van der Waals surface area contributed by atoms with Crippen LogP contribution >= 0.6 is 0 Å². The van der Waals surface area contributed by atoms with E-state index in [1.54, 1.807) is 11.9 Å². The molecule has 1 aromatic carbocycles. The molecule has 0 aliphatic heterocycles. The molecule has 110 valence electrons. The van der Waals surface area contributed by atoms with Crippen LogP contribution in [0.3, 0.4) is 0 Å². The van der Waals surface area contributed by atoms with Gasteiger partial charge in [0, 0.05) is 19.6 Å². The van der Waals surface area contributed by atoms with Crippen molar-refractivity contribution in [1.29, 1.82) is 0 Å². The lowest BCUT2D eigenvalue weighted by atomic mass is 10.1. The Morgan fingerprint density at radius 3 is 2.50 bits per heavy atom. The molecule has 0 heterocycles. The first-order valence-corrected chi connectivity index (χ1v) is 6.80. The number of carbonyl (C=O) groups is 2. The maximum absolute atomic E-state index is 12.0. The van der Waals surface area contributed by atoms with Crippen molar-refractivity contribution in [2.45, 2.75) is 38.8 Å². The van der Waals surface area contributed by atoms with Gasteiger partial charge < -0.3 is 15.3 Å². The average molecular weight is 278 g/mol. The Balaban J connectivity index is 2.52. The molecule has 1 aromatic rings. The third-order valence-electron chi connectivity index (χ3n) is 3.00. The van der Waals surface area contributed by atoms with E-state index in [4.69, 9.17) is 5.11 Å². The molecule has 1 rings (SSSR count). The summed E-state index contributed by atoms with van der Waals surface area (Å²) in [6.45, 7) is 2.47. The highest BCUT2D eigenvalue weighted by Gasteiger charge is 2.17. The van der Waals surface area contributed by atoms with Crippen molar-refractivity contribution < 1.29 is 14.7 Å². The van der Waals surface area contributed by atoms with Crippen molar-refractivity contribution in [3.05, 3.63) is 35.9 Å². The van der Waals surface area contributed by atoms with Crippen LogP contribution in [0.25, 0.3) is 0 Å². The van der Waals surface area contributed by atoms with Crippen LogP contribution < -0.4 is 5.32 Å². The summed E-state index contributed by atoms with van der Waals surface area (Å²) >= 11 is 0. The number of amides is 2. The molecule has 5 nitrogen and oxygen atoms in total. The van der Waals surface area contributed by atoms with Gasteiger partial charge in [-0.1, -0.05) is 43.7 Å². The lowest BCUT2D eigenvalue weighted by molar-refractivity contribution is -0.137. The Bertz CT molecular complexity index is 434. The first-order valence-electron chi connectivity index (χ1n) is 6.80. The van der Waals surface area contributed by atoms with E-state index in [9.17, 15) is 9.59 Å². The molecule has 2 amide bonds. The van der Waals surface area contributed by atoms with Gasteiger partial charge in [0.15, 0.2) is 0 Å². The van der Waals surface area contributed by atoms with Crippen LogP contribution in [0.2, 0.25) is 0 Å². The van der Waals surface area contributed by atoms with Gasteiger partial charge in [-0.05, 0) is 12.0 Å². The highest BCUT2D eigenvalue weighted by molar-refractivity contribution is 5.75. The second-order valence-corrected chi connectivity index (χ2v) is 4.87. The highest BCUT2D eigenvalue weighted by atomic mass is 16.4. The molecule has 5 heteroatoms. The molecule has 1 atom stereocenters. The Hall–Kier alpha value is -2.04. The summed E-state index contributed by atoms with van der Waals surface area (Å²) in [5, 5.41) is 11.6. The first kappa shape index (κ1) is 16.0. The number of carboxylic acid groups (broad SMARTS) is 1. The Labute approximate surface area is 119 Å². The standard InChI is InChI=1S/C15H22N2O3/c1-3-7-13(10-14(18)19)16-15(20)17(2)11-12-8-5-4-6-9-12/h4-6,8-9,13H,3,7,10-11H2,1-2H3,(H,16,20)(H,18,19). The predicted octanol–water partition coefficient (Wildman–Crippen LogP) is 2.47. The van der Waals surface area contributed by atoms with E-state index in [0.29, 0.717) is 13.0 Å². The molecule has 1 unspecified atom stereocenters. The largest absolute Gasteiger partial charge is 0.481 e. The quantitative estimate of drug-likeness (QED) is 0.805. The van der Waals surface area contributed by atoms with E-state index >= 15 is 0 Å². The van der Waals surface area contributed by atoms with E-state index in [1.807, 2.05) is 37.3 Å². The fourth-order valence-electron chi connectivity index (χ4n) is 2.00. The van der Waals surface area contributed by atoms with E-state index < -0.39 is 5.97 Å². The second-order valence-electron chi connectivity index (χ2n) is 4.87. The fourth-order valence-corrected chi connectivity index (χ4v) is 2.00. The van der Waals surface area contributed by atoms with E-state index in [-0.39, 0.29) is 18.5 Å². The zero-order valence-corrected chi connectivity index (χ0v) is 12.0. The van der Waals surface area contributed by atoms with E-state index in [2.05, 4.69) is 5.32 Å². The Morgan fingerprint density at radius 2 is 1.95 bits per heavy atom. The minimum atomic E-state index is -0.894. The van der Waals surface area contributed by atoms with Crippen LogP contribution in [-0.4, -0.2) is 35.1 Å². The number of nitrogens with zero attached hydrogens (tertiary/aromatic N) is 1. The van der Waals surface area contributed by atoms with Gasteiger partial charge in [-0.2, -0.15) is 0 Å². The Morgan fingerprint density at radius 1 is 1.30 bits per heavy atom. The van der Waals surface area contributed by atoms with Crippen LogP contribution in [0, 0.1) is 0 Å². The number of carbonyl (C=O) groups excluding carboxylic acids is 1. The molecule has 0 saturated carbocycles. The van der Waals surface area contributed by atoms with Gasteiger partial charge in [0.25, 0.3) is 0 Å². The van der Waals surface area contributed by atoms with Crippen molar-refractivity contribution in [3.63, 3.8) is 0 Å². The minimum Gasteiger partial charge on any atom is -0.481 e. The van der Waals surface area contributed by atoms with Crippen molar-refractivity contribution >= 4 is 12.0 Å². The second kappa shape index (κ2) is 8.19. The number of benzene rings is 1. The number of hydrogen-bond acceptors (Lipinski definition) is 2. The molecular formula is C15H22N2O3. The first-order chi connectivity index (χ1) is 9.52. The van der Waals surface area contributed by atoms with Crippen molar-refractivity contribution in [2.75, 3.05) is 7.05 Å². The monoisotopic (exact) mass is 278 g/mol. The van der Waals surface area contributed by atoms with Crippen LogP contribution in [0.15, 0.2) is 30.3 Å². The van der Waals surface area contributed by atoms with Crippen molar-refractivity contribution in [1.82, 2.24) is 10.2 Å². The summed E-state index contributed by atoms with van der Waals surface area (Å²) in [7, 11) is 1.70. The predicted molar refractivity (Wildman–Crippen MR) is 77.4 cm³/mol. The molecule has 0 bridgehead atoms. The van der Waals surface area contributed by atoms with Gasteiger partial charge in [-0.3, -0.25) is 4.79 Å². The van der Waals surface area contributed by atoms with Crippen molar-refractivity contribution in [3.8, 4) is 0 Å². The van der Waals surface area contributed by atoms with Gasteiger partial charge in [0.05, 0.1) is 6.42 Å². The van der Waals surface area contributed by atoms with Gasteiger partial charge in [0.1, 0.15) is 0 Å². The maximum Gasteiger partial charge on any atom is 0.317 e. The molecule has 0 saturated heterocycles. The lowest BCUT2D eigenvalue weighted by Crippen LogP contribution is -2.43. The molecule has 20 heavy (non-hydrogen) atoms. The summed E-state index contributed by atoms with van der Waals surface area (Å²) in [5.41, 5.74) is 1.04. The molecular weight excluding hydrogens is 256 g/mol. The van der Waals surface area contributed by atoms with E-state index in [0.717, 1.165) is 12.0 Å². The van der Waals surface area contributed by atoms with Gasteiger partial charge >= 0.3 is 12.0 Å². The number of carboxylic acids is 1. The molecule has 2 N–H and O–H groups in total. The molecule has 0 spiro atoms. The minimum absolute atomic E-state index is 0.0429.